The largest absolute Gasteiger partial charge is 0.437 e. The number of hydrogen-bond acceptors (Lipinski definition) is 9. The molecule has 0 bridgehead atoms. The van der Waals surface area contributed by atoms with E-state index in [1.807, 2.05) is 0 Å². The molecule has 0 aliphatic carbocycles. The van der Waals surface area contributed by atoms with Gasteiger partial charge in [0.05, 0.1) is 0 Å². The van der Waals surface area contributed by atoms with Crippen LogP contribution in [0.2, 0.25) is 192 Å². The summed E-state index contributed by atoms with van der Waals surface area (Å²) in [6.07, 6.45) is 0. The Morgan fingerprint density at radius 2 is 0.367 bits per heavy atom. The van der Waals surface area contributed by atoms with Gasteiger partial charge in [-0.3, -0.25) is 0 Å². The maximum atomic E-state index is 6.75. The third-order valence-electron chi connectivity index (χ3n) is 9.06. The molecular weight excluding hydrogens is 949 g/mol. The average molecular weight is 1060 g/mol. The highest BCUT2D eigenvalue weighted by atomic mass is 28.5. The Bertz CT molecular complexity index is 1260. The van der Waals surface area contributed by atoms with Crippen LogP contribution in [-0.2, 0) is 37.0 Å². The van der Waals surface area contributed by atoms with Crippen LogP contribution in [0.15, 0.2) is 0 Å². The molecule has 0 spiro atoms. The fraction of sp³-hybridized carbons (Fsp3) is 1.00. The van der Waals surface area contributed by atoms with E-state index in [0.29, 0.717) is 0 Å². The molecule has 0 amide bonds. The van der Waals surface area contributed by atoms with Crippen LogP contribution in [0, 0.1) is 0 Å². The van der Waals surface area contributed by atoms with Gasteiger partial charge in [-0.2, -0.15) is 0 Å². The standard InChI is InChI=1S/C15H42O4Si5.C13H36O3Si4.C11H30O2Si3/c1-15(2,3)24(14,18-22(10,11)16-20(4,5)6)19-23(12,13)17-21(7,8)9;1-13(2,3)20(12,15-18(7,8)9)16-19(10,11)14-17(4,5)6;1-11(2,3)15(7,8)13-16(9,10)12-14(4,5)6/h1-14H3;1-12H3;1-10H3. The fourth-order valence-electron chi connectivity index (χ4n) is 6.45. The van der Waals surface area contributed by atoms with E-state index in [-0.39, 0.29) is 15.1 Å². The van der Waals surface area contributed by atoms with Crippen LogP contribution >= 0.6 is 0 Å². The SMILES string of the molecule is CC(C)(C)[Si](C)(C)O[Si](C)(C)O[Si](C)(C)C.CC(C)(C)[Si](C)(O[Si](C)(C)C)O[Si](C)(C)O[Si](C)(C)C.CC(C)(C)[Si](C)(O[Si](C)(C)O[Si](C)(C)C)O[Si](C)(C)O[Si](C)(C)C. The van der Waals surface area contributed by atoms with Gasteiger partial charge in [0, 0.05) is 10.1 Å². The third-order valence-corrected chi connectivity index (χ3v) is 54.4. The minimum atomic E-state index is -2.50. The van der Waals surface area contributed by atoms with Gasteiger partial charge >= 0.3 is 51.4 Å². The van der Waals surface area contributed by atoms with Gasteiger partial charge < -0.3 is 37.0 Å². The van der Waals surface area contributed by atoms with Crippen molar-refractivity contribution in [3.63, 3.8) is 0 Å². The highest BCUT2D eigenvalue weighted by Gasteiger charge is 2.54. The van der Waals surface area contributed by atoms with Crippen LogP contribution in [0.4, 0.5) is 0 Å². The van der Waals surface area contributed by atoms with Gasteiger partial charge in [-0.05, 0) is 182 Å². The monoisotopic (exact) mass is 1060 g/mol. The van der Waals surface area contributed by atoms with Crippen molar-refractivity contribution in [3.8, 4) is 0 Å². The first-order valence-corrected chi connectivity index (χ1v) is 58.3. The molecule has 9 nitrogen and oxygen atoms in total. The molecule has 60 heavy (non-hydrogen) atoms. The first-order chi connectivity index (χ1) is 25.1. The summed E-state index contributed by atoms with van der Waals surface area (Å²) in [5, 5.41) is 0.257. The van der Waals surface area contributed by atoms with E-state index in [1.165, 1.54) is 0 Å². The van der Waals surface area contributed by atoms with Crippen molar-refractivity contribution >= 4 is 101 Å². The topological polar surface area (TPSA) is 83.1 Å². The third kappa shape index (κ3) is 30.5. The molecule has 0 aromatic rings. The molecule has 0 aromatic heterocycles. The van der Waals surface area contributed by atoms with E-state index in [4.69, 9.17) is 37.0 Å². The van der Waals surface area contributed by atoms with E-state index < -0.39 is 101 Å². The van der Waals surface area contributed by atoms with Crippen molar-refractivity contribution in [1.29, 1.82) is 0 Å². The molecule has 366 valence electrons. The lowest BCUT2D eigenvalue weighted by Gasteiger charge is -2.48. The predicted molar refractivity (Wildman–Crippen MR) is 296 cm³/mol. The normalized spacial score (nSPS) is 16.4. The van der Waals surface area contributed by atoms with Crippen molar-refractivity contribution in [2.45, 2.75) is 254 Å². The van der Waals surface area contributed by atoms with Crippen LogP contribution < -0.4 is 0 Å². The Balaban J connectivity index is -0.000000829. The van der Waals surface area contributed by atoms with Gasteiger partial charge in [0.15, 0.2) is 49.9 Å². The van der Waals surface area contributed by atoms with Gasteiger partial charge in [-0.1, -0.05) is 62.3 Å². The Morgan fingerprint density at radius 3 is 0.517 bits per heavy atom. The highest BCUT2D eigenvalue weighted by Crippen LogP contribution is 2.43. The molecule has 21 heteroatoms. The quantitative estimate of drug-likeness (QED) is 0.125. The summed E-state index contributed by atoms with van der Waals surface area (Å²) >= 11 is 0. The maximum Gasteiger partial charge on any atom is 0.322 e. The lowest BCUT2D eigenvalue weighted by Crippen LogP contribution is -2.62. The Morgan fingerprint density at radius 1 is 0.200 bits per heavy atom. The molecule has 0 aliphatic rings. The van der Waals surface area contributed by atoms with Crippen LogP contribution in [0.1, 0.15) is 62.3 Å². The summed E-state index contributed by atoms with van der Waals surface area (Å²) in [5.41, 5.74) is 0. The minimum Gasteiger partial charge on any atom is -0.437 e. The van der Waals surface area contributed by atoms with Crippen molar-refractivity contribution < 1.29 is 37.0 Å². The van der Waals surface area contributed by atoms with E-state index in [1.54, 1.807) is 0 Å². The van der Waals surface area contributed by atoms with Gasteiger partial charge in [0.1, 0.15) is 0 Å². The van der Waals surface area contributed by atoms with E-state index in [9.17, 15) is 0 Å². The molecule has 0 saturated carbocycles. The zero-order valence-electron chi connectivity index (χ0n) is 47.2. The lowest BCUT2D eigenvalue weighted by molar-refractivity contribution is 0.268. The van der Waals surface area contributed by atoms with Crippen LogP contribution in [0.5, 0.6) is 0 Å². The molecule has 1 atom stereocenters. The maximum absolute atomic E-state index is 6.75. The molecule has 0 heterocycles. The number of rotatable bonds is 18. The summed E-state index contributed by atoms with van der Waals surface area (Å²) in [5.74, 6) is 0. The van der Waals surface area contributed by atoms with Gasteiger partial charge in [0.2, 0.25) is 0 Å². The molecule has 0 aliphatic heterocycles. The summed E-state index contributed by atoms with van der Waals surface area (Å²) in [6.45, 7) is 79.9. The summed E-state index contributed by atoms with van der Waals surface area (Å²) in [4.78, 5) is 0. The molecule has 0 fully saturated rings. The smallest absolute Gasteiger partial charge is 0.322 e. The second-order valence-electron chi connectivity index (χ2n) is 27.2. The van der Waals surface area contributed by atoms with Gasteiger partial charge in [0.25, 0.3) is 0 Å². The second kappa shape index (κ2) is 21.7. The van der Waals surface area contributed by atoms with Crippen molar-refractivity contribution in [2.75, 3.05) is 0 Å². The molecule has 0 saturated heterocycles. The van der Waals surface area contributed by atoms with Gasteiger partial charge in [-0.15, -0.1) is 0 Å². The summed E-state index contributed by atoms with van der Waals surface area (Å²) in [6, 6.07) is 0. The Hall–Kier alpha value is 2.24. The van der Waals surface area contributed by atoms with Crippen molar-refractivity contribution in [2.24, 2.45) is 0 Å². The zero-order chi connectivity index (χ0) is 49.9. The predicted octanol–water partition coefficient (Wildman–Crippen LogP) is 15.8. The first-order valence-electron chi connectivity index (χ1n) is 22.4. The molecule has 0 N–H and O–H groups in total. The summed E-state index contributed by atoms with van der Waals surface area (Å²) in [7, 11) is -23.2. The minimum absolute atomic E-state index is 0.0420. The molecular formula is C39H108O9Si12. The van der Waals surface area contributed by atoms with Crippen LogP contribution in [0.25, 0.3) is 0 Å². The Labute approximate surface area is 389 Å². The van der Waals surface area contributed by atoms with Gasteiger partial charge in [-0.25, -0.2) is 0 Å². The van der Waals surface area contributed by atoms with Crippen LogP contribution in [0.3, 0.4) is 0 Å². The Kier molecular flexibility index (Phi) is 24.0. The zero-order valence-corrected chi connectivity index (χ0v) is 59.2. The van der Waals surface area contributed by atoms with Crippen molar-refractivity contribution in [1.82, 2.24) is 0 Å². The van der Waals surface area contributed by atoms with E-state index >= 15 is 0 Å². The fourth-order valence-corrected chi connectivity index (χ4v) is 60.3. The lowest BCUT2D eigenvalue weighted by atomic mass is 10.2. The molecule has 0 aromatic carbocycles. The second-order valence-corrected chi connectivity index (χ2v) is 78.2. The van der Waals surface area contributed by atoms with Crippen LogP contribution in [-0.4, -0.2) is 101 Å². The highest BCUT2D eigenvalue weighted by molar-refractivity contribution is 6.92. The molecule has 1 unspecified atom stereocenters. The van der Waals surface area contributed by atoms with E-state index in [2.05, 4.69) is 239 Å². The molecule has 0 rings (SSSR count). The summed E-state index contributed by atoms with van der Waals surface area (Å²) < 4.78 is 58.6. The average Bonchev–Trinajstić information content (AvgIpc) is 2.72. The molecule has 0 radical (unpaired) electrons. The van der Waals surface area contributed by atoms with E-state index in [0.717, 1.165) is 0 Å². The van der Waals surface area contributed by atoms with Crippen molar-refractivity contribution in [3.05, 3.63) is 0 Å². The first kappa shape index (κ1) is 66.5. The number of hydrogen-bond donors (Lipinski definition) is 0.